The third-order valence-electron chi connectivity index (χ3n) is 5.40. The molecule has 0 atom stereocenters. The molecule has 0 bridgehead atoms. The maximum atomic E-state index is 12.5. The van der Waals surface area contributed by atoms with Gasteiger partial charge in [-0.15, -0.1) is 0 Å². The molecule has 2 aromatic rings. The Kier molecular flexibility index (Phi) is 6.53. The lowest BCUT2D eigenvalue weighted by molar-refractivity contribution is -0.132. The van der Waals surface area contributed by atoms with E-state index in [1.54, 1.807) is 24.3 Å². The van der Waals surface area contributed by atoms with Crippen LogP contribution in [0.5, 0.6) is 5.75 Å². The van der Waals surface area contributed by atoms with E-state index in [-0.39, 0.29) is 23.8 Å². The molecule has 2 aromatic carbocycles. The number of nitrogens with one attached hydrogen (secondary N) is 1. The van der Waals surface area contributed by atoms with Crippen molar-refractivity contribution in [2.75, 3.05) is 45.9 Å². The number of amidine groups is 1. The number of hydrogen-bond donors (Lipinski definition) is 1. The van der Waals surface area contributed by atoms with E-state index in [4.69, 9.17) is 4.74 Å². The minimum Gasteiger partial charge on any atom is -0.492 e. The number of fused-ring (bicyclic) bond motifs is 1. The van der Waals surface area contributed by atoms with Gasteiger partial charge in [-0.1, -0.05) is 30.3 Å². The van der Waals surface area contributed by atoms with Gasteiger partial charge in [-0.25, -0.2) is 8.42 Å². The standard InChI is InChI=1S/C22H26N4O4S/c27-21(10-11-23-22-19-8-4-5-9-20(19)31(28,29)24-22)26-14-12-25(13-15-26)16-17-30-18-6-2-1-3-7-18/h1-9H,10-17H2,(H,23,24). The molecule has 2 aliphatic rings. The van der Waals surface area contributed by atoms with Gasteiger partial charge < -0.3 is 9.64 Å². The zero-order valence-corrected chi connectivity index (χ0v) is 18.1. The van der Waals surface area contributed by atoms with Gasteiger partial charge in [0.05, 0.1) is 11.4 Å². The van der Waals surface area contributed by atoms with Gasteiger partial charge in [0.2, 0.25) is 5.91 Å². The number of piperazine rings is 1. The Bertz CT molecular complexity index is 1050. The fourth-order valence-electron chi connectivity index (χ4n) is 3.70. The van der Waals surface area contributed by atoms with Gasteiger partial charge >= 0.3 is 0 Å². The molecule has 2 heterocycles. The summed E-state index contributed by atoms with van der Waals surface area (Å²) in [6, 6.07) is 16.5. The van der Waals surface area contributed by atoms with Crippen molar-refractivity contribution in [1.29, 1.82) is 0 Å². The van der Waals surface area contributed by atoms with E-state index >= 15 is 0 Å². The highest BCUT2D eigenvalue weighted by Gasteiger charge is 2.30. The van der Waals surface area contributed by atoms with Crippen LogP contribution in [0.15, 0.2) is 64.5 Å². The van der Waals surface area contributed by atoms with Gasteiger partial charge in [-0.3, -0.25) is 19.4 Å². The molecule has 1 amide bonds. The Hall–Kier alpha value is -2.91. The van der Waals surface area contributed by atoms with Crippen LogP contribution < -0.4 is 9.46 Å². The van der Waals surface area contributed by atoms with Crippen molar-refractivity contribution < 1.29 is 17.9 Å². The smallest absolute Gasteiger partial charge is 0.263 e. The van der Waals surface area contributed by atoms with E-state index in [2.05, 4.69) is 14.6 Å². The molecular formula is C22H26N4O4S. The monoisotopic (exact) mass is 442 g/mol. The Labute approximate surface area is 182 Å². The first kappa shape index (κ1) is 21.3. The van der Waals surface area contributed by atoms with E-state index in [1.807, 2.05) is 35.2 Å². The molecule has 4 rings (SSSR count). The number of hydrogen-bond acceptors (Lipinski definition) is 6. The number of benzene rings is 2. The number of sulfonamides is 1. The molecule has 1 N–H and O–H groups in total. The lowest BCUT2D eigenvalue weighted by Gasteiger charge is -2.34. The first-order chi connectivity index (χ1) is 15.0. The fraction of sp³-hybridized carbons (Fsp3) is 0.364. The summed E-state index contributed by atoms with van der Waals surface area (Å²) < 4.78 is 32.4. The van der Waals surface area contributed by atoms with Gasteiger partial charge in [0.1, 0.15) is 18.2 Å². The average Bonchev–Trinajstić information content (AvgIpc) is 3.05. The second-order valence-electron chi connectivity index (χ2n) is 7.47. The molecule has 2 aliphatic heterocycles. The molecule has 0 spiro atoms. The van der Waals surface area contributed by atoms with E-state index in [0.29, 0.717) is 31.1 Å². The summed E-state index contributed by atoms with van der Waals surface area (Å²) in [4.78, 5) is 21.2. The zero-order valence-electron chi connectivity index (χ0n) is 17.2. The summed E-state index contributed by atoms with van der Waals surface area (Å²) in [6.45, 7) is 4.66. The lowest BCUT2D eigenvalue weighted by atomic mass is 10.2. The summed E-state index contributed by atoms with van der Waals surface area (Å²) in [5, 5.41) is 0. The van der Waals surface area contributed by atoms with Crippen LogP contribution in [0.3, 0.4) is 0 Å². The van der Waals surface area contributed by atoms with Crippen molar-refractivity contribution in [3.63, 3.8) is 0 Å². The number of rotatable bonds is 7. The number of para-hydroxylation sites is 1. The van der Waals surface area contributed by atoms with E-state index < -0.39 is 10.0 Å². The molecular weight excluding hydrogens is 416 g/mol. The summed E-state index contributed by atoms with van der Waals surface area (Å²) in [5.74, 6) is 1.22. The number of nitrogens with zero attached hydrogens (tertiary/aromatic N) is 3. The average molecular weight is 443 g/mol. The zero-order chi connectivity index (χ0) is 21.7. The highest BCUT2D eigenvalue weighted by atomic mass is 32.2. The largest absolute Gasteiger partial charge is 0.492 e. The first-order valence-electron chi connectivity index (χ1n) is 10.4. The minimum absolute atomic E-state index is 0.0404. The molecule has 9 heteroatoms. The highest BCUT2D eigenvalue weighted by molar-refractivity contribution is 7.90. The number of aliphatic imine (C=N–C) groups is 1. The van der Waals surface area contributed by atoms with Crippen LogP contribution in [0.25, 0.3) is 0 Å². The van der Waals surface area contributed by atoms with Gasteiger partial charge in [0, 0.05) is 44.7 Å². The van der Waals surface area contributed by atoms with Crippen LogP contribution in [0, 0.1) is 0 Å². The Morgan fingerprint density at radius 2 is 1.71 bits per heavy atom. The fourth-order valence-corrected chi connectivity index (χ4v) is 4.95. The van der Waals surface area contributed by atoms with Crippen molar-refractivity contribution >= 4 is 21.8 Å². The summed E-state index contributed by atoms with van der Waals surface area (Å²) in [6.07, 6.45) is 0.254. The third kappa shape index (κ3) is 5.23. The number of amides is 1. The molecule has 0 saturated carbocycles. The predicted octanol–water partition coefficient (Wildman–Crippen LogP) is 1.34. The first-order valence-corrected chi connectivity index (χ1v) is 11.9. The number of carbonyl (C=O) groups excluding carboxylic acids is 1. The Morgan fingerprint density at radius 3 is 2.48 bits per heavy atom. The van der Waals surface area contributed by atoms with Crippen LogP contribution in [0.4, 0.5) is 0 Å². The quantitative estimate of drug-likeness (QED) is 0.699. The summed E-state index contributed by atoms with van der Waals surface area (Å²) in [7, 11) is -3.55. The van der Waals surface area contributed by atoms with E-state index in [0.717, 1.165) is 25.4 Å². The molecule has 8 nitrogen and oxygen atoms in total. The molecule has 1 saturated heterocycles. The van der Waals surface area contributed by atoms with Crippen LogP contribution in [0.2, 0.25) is 0 Å². The number of ether oxygens (including phenoxy) is 1. The van der Waals surface area contributed by atoms with Crippen molar-refractivity contribution in [2.45, 2.75) is 11.3 Å². The van der Waals surface area contributed by atoms with Gasteiger partial charge in [-0.2, -0.15) is 0 Å². The molecule has 164 valence electrons. The summed E-state index contributed by atoms with van der Waals surface area (Å²) >= 11 is 0. The van der Waals surface area contributed by atoms with E-state index in [9.17, 15) is 13.2 Å². The Morgan fingerprint density at radius 1 is 1.00 bits per heavy atom. The summed E-state index contributed by atoms with van der Waals surface area (Å²) in [5.41, 5.74) is 0.557. The second kappa shape index (κ2) is 9.49. The van der Waals surface area contributed by atoms with Crippen LogP contribution in [0.1, 0.15) is 12.0 Å². The highest BCUT2D eigenvalue weighted by Crippen LogP contribution is 2.22. The van der Waals surface area contributed by atoms with Crippen LogP contribution in [-0.2, 0) is 14.8 Å². The SMILES string of the molecule is O=C(CCN=C1NS(=O)(=O)c2ccccc21)N1CCN(CCOc2ccccc2)CC1. The van der Waals surface area contributed by atoms with Crippen molar-refractivity contribution in [1.82, 2.24) is 14.5 Å². The Balaban J connectivity index is 1.20. The molecule has 0 aliphatic carbocycles. The van der Waals surface area contributed by atoms with Crippen molar-refractivity contribution in [2.24, 2.45) is 4.99 Å². The molecule has 0 unspecified atom stereocenters. The molecule has 0 aromatic heterocycles. The minimum atomic E-state index is -3.55. The van der Waals surface area contributed by atoms with Crippen LogP contribution in [-0.4, -0.2) is 75.8 Å². The topological polar surface area (TPSA) is 91.3 Å². The third-order valence-corrected chi connectivity index (χ3v) is 6.80. The van der Waals surface area contributed by atoms with Crippen molar-refractivity contribution in [3.05, 3.63) is 60.2 Å². The van der Waals surface area contributed by atoms with Gasteiger partial charge in [-0.05, 0) is 24.3 Å². The van der Waals surface area contributed by atoms with Crippen molar-refractivity contribution in [3.8, 4) is 5.75 Å². The lowest BCUT2D eigenvalue weighted by Crippen LogP contribution is -2.49. The van der Waals surface area contributed by atoms with Gasteiger partial charge in [0.15, 0.2) is 0 Å². The maximum absolute atomic E-state index is 12.5. The normalized spacial score (nSPS) is 19.1. The predicted molar refractivity (Wildman–Crippen MR) is 118 cm³/mol. The van der Waals surface area contributed by atoms with Crippen LogP contribution >= 0.6 is 0 Å². The molecule has 0 radical (unpaired) electrons. The molecule has 31 heavy (non-hydrogen) atoms. The second-order valence-corrected chi connectivity index (χ2v) is 9.12. The molecule has 1 fully saturated rings. The van der Waals surface area contributed by atoms with E-state index in [1.165, 1.54) is 0 Å². The maximum Gasteiger partial charge on any atom is 0.263 e. The van der Waals surface area contributed by atoms with Gasteiger partial charge in [0.25, 0.3) is 10.0 Å². The number of carbonyl (C=O) groups is 1.